The first kappa shape index (κ1) is 23.2. The number of rotatable bonds is 5. The van der Waals surface area contributed by atoms with E-state index in [-0.39, 0.29) is 11.0 Å². The van der Waals surface area contributed by atoms with Gasteiger partial charge in [-0.2, -0.15) is 5.10 Å². The van der Waals surface area contributed by atoms with E-state index in [2.05, 4.69) is 25.0 Å². The molecular formula is C21H32N6O3S. The summed E-state index contributed by atoms with van der Waals surface area (Å²) >= 11 is 0. The van der Waals surface area contributed by atoms with E-state index in [1.54, 1.807) is 23.9 Å². The van der Waals surface area contributed by atoms with Gasteiger partial charge in [0.15, 0.2) is 5.96 Å². The number of aryl methyl sites for hydroxylation is 1. The molecular weight excluding hydrogens is 416 g/mol. The van der Waals surface area contributed by atoms with Crippen LogP contribution >= 0.6 is 0 Å². The maximum absolute atomic E-state index is 12.9. The van der Waals surface area contributed by atoms with Crippen molar-refractivity contribution in [1.29, 1.82) is 0 Å². The Balaban J connectivity index is 1.72. The smallest absolute Gasteiger partial charge is 0.241 e. The van der Waals surface area contributed by atoms with Gasteiger partial charge in [-0.15, -0.1) is 0 Å². The lowest BCUT2D eigenvalue weighted by atomic mass is 10.1. The first-order valence-corrected chi connectivity index (χ1v) is 11.7. The van der Waals surface area contributed by atoms with Gasteiger partial charge in [0.05, 0.1) is 24.2 Å². The van der Waals surface area contributed by atoms with Gasteiger partial charge in [-0.25, -0.2) is 13.1 Å². The van der Waals surface area contributed by atoms with Crippen LogP contribution in [-0.2, 0) is 28.4 Å². The van der Waals surface area contributed by atoms with Crippen molar-refractivity contribution in [2.45, 2.75) is 43.9 Å². The third-order valence-corrected chi connectivity index (χ3v) is 6.67. The highest BCUT2D eigenvalue weighted by Crippen LogP contribution is 2.22. The van der Waals surface area contributed by atoms with Gasteiger partial charge in [-0.05, 0) is 32.4 Å². The number of guanidine groups is 1. The van der Waals surface area contributed by atoms with Gasteiger partial charge in [-0.3, -0.25) is 9.67 Å². The van der Waals surface area contributed by atoms with E-state index in [0.717, 1.165) is 5.56 Å². The SMILES string of the molecule is CN=C(NCc1ccccc1S(=O)(=O)NC(C)(C)C)N1CCOC(c2cnn(C)c2)C1. The van der Waals surface area contributed by atoms with Crippen LogP contribution in [0.4, 0.5) is 0 Å². The normalized spacial score (nSPS) is 18.3. The van der Waals surface area contributed by atoms with Crippen LogP contribution in [0.25, 0.3) is 0 Å². The van der Waals surface area contributed by atoms with E-state index >= 15 is 0 Å². The second kappa shape index (κ2) is 9.37. The third kappa shape index (κ3) is 6.05. The minimum Gasteiger partial charge on any atom is -0.370 e. The minimum absolute atomic E-state index is 0.0929. The summed E-state index contributed by atoms with van der Waals surface area (Å²) in [7, 11) is -0.0409. The summed E-state index contributed by atoms with van der Waals surface area (Å²) in [5.41, 5.74) is 1.13. The average Bonchev–Trinajstić information content (AvgIpc) is 3.14. The van der Waals surface area contributed by atoms with Crippen molar-refractivity contribution in [3.8, 4) is 0 Å². The second-order valence-corrected chi connectivity index (χ2v) is 10.3. The molecule has 0 radical (unpaired) electrons. The zero-order valence-electron chi connectivity index (χ0n) is 18.8. The van der Waals surface area contributed by atoms with Crippen LogP contribution in [0, 0.1) is 0 Å². The number of nitrogens with zero attached hydrogens (tertiary/aromatic N) is 4. The zero-order chi connectivity index (χ0) is 22.6. The Morgan fingerprint density at radius 3 is 2.71 bits per heavy atom. The minimum atomic E-state index is -3.64. The van der Waals surface area contributed by atoms with Crippen LogP contribution in [0.1, 0.15) is 38.0 Å². The highest BCUT2D eigenvalue weighted by Gasteiger charge is 2.27. The van der Waals surface area contributed by atoms with Gasteiger partial charge in [0, 0.05) is 44.5 Å². The average molecular weight is 449 g/mol. The van der Waals surface area contributed by atoms with E-state index < -0.39 is 15.6 Å². The summed E-state index contributed by atoms with van der Waals surface area (Å²) in [6.45, 7) is 7.71. The highest BCUT2D eigenvalue weighted by molar-refractivity contribution is 7.89. The fourth-order valence-corrected chi connectivity index (χ4v) is 5.19. The van der Waals surface area contributed by atoms with E-state index in [1.165, 1.54) is 0 Å². The number of hydrogen-bond acceptors (Lipinski definition) is 5. The largest absolute Gasteiger partial charge is 0.370 e. The van der Waals surface area contributed by atoms with E-state index in [0.29, 0.717) is 37.8 Å². The van der Waals surface area contributed by atoms with Crippen LogP contribution in [-0.4, -0.2) is 61.3 Å². The molecule has 2 heterocycles. The van der Waals surface area contributed by atoms with Crippen LogP contribution in [0.2, 0.25) is 0 Å². The maximum Gasteiger partial charge on any atom is 0.241 e. The van der Waals surface area contributed by atoms with Crippen molar-refractivity contribution in [3.63, 3.8) is 0 Å². The Morgan fingerprint density at radius 2 is 2.06 bits per heavy atom. The molecule has 1 aliphatic heterocycles. The lowest BCUT2D eigenvalue weighted by Crippen LogP contribution is -2.48. The van der Waals surface area contributed by atoms with Crippen LogP contribution in [0.3, 0.4) is 0 Å². The van der Waals surface area contributed by atoms with Crippen molar-refractivity contribution in [1.82, 2.24) is 24.7 Å². The molecule has 170 valence electrons. The Kier molecular flexibility index (Phi) is 7.03. The van der Waals surface area contributed by atoms with Gasteiger partial charge in [0.25, 0.3) is 0 Å². The Labute approximate surface area is 184 Å². The van der Waals surface area contributed by atoms with Gasteiger partial charge < -0.3 is 15.0 Å². The van der Waals surface area contributed by atoms with E-state index in [9.17, 15) is 8.42 Å². The van der Waals surface area contributed by atoms with Crippen molar-refractivity contribution >= 4 is 16.0 Å². The molecule has 1 unspecified atom stereocenters. The van der Waals surface area contributed by atoms with E-state index in [4.69, 9.17) is 4.74 Å². The first-order chi connectivity index (χ1) is 14.6. The molecule has 1 saturated heterocycles. The molecule has 1 fully saturated rings. The number of aliphatic imine (C=N–C) groups is 1. The predicted octanol–water partition coefficient (Wildman–Crippen LogP) is 1.65. The molecule has 0 spiro atoms. The monoisotopic (exact) mass is 448 g/mol. The van der Waals surface area contributed by atoms with Gasteiger partial charge in [0.1, 0.15) is 6.10 Å². The Hall–Kier alpha value is -2.43. The third-order valence-electron chi connectivity index (χ3n) is 4.81. The molecule has 3 rings (SSSR count). The summed E-state index contributed by atoms with van der Waals surface area (Å²) < 4.78 is 36.2. The summed E-state index contributed by atoms with van der Waals surface area (Å²) in [6, 6.07) is 7.01. The summed E-state index contributed by atoms with van der Waals surface area (Å²) in [6.07, 6.45) is 3.67. The maximum atomic E-state index is 12.9. The van der Waals surface area contributed by atoms with Gasteiger partial charge >= 0.3 is 0 Å². The fraction of sp³-hybridized carbons (Fsp3) is 0.524. The summed E-state index contributed by atoms with van der Waals surface area (Å²) in [4.78, 5) is 6.78. The number of sulfonamides is 1. The number of benzene rings is 1. The molecule has 31 heavy (non-hydrogen) atoms. The van der Waals surface area contributed by atoms with Gasteiger partial charge in [0.2, 0.25) is 10.0 Å². The molecule has 0 saturated carbocycles. The molecule has 2 aromatic rings. The number of ether oxygens (including phenoxy) is 1. The molecule has 0 amide bonds. The molecule has 1 aromatic carbocycles. The number of nitrogens with one attached hydrogen (secondary N) is 2. The standard InChI is InChI=1S/C21H32N6O3S/c1-21(2,3)25-31(28,29)19-9-7-6-8-16(19)12-23-20(22-4)27-10-11-30-18(15-27)17-13-24-26(5)14-17/h6-9,13-14,18,25H,10-12,15H2,1-5H3,(H,22,23). The summed E-state index contributed by atoms with van der Waals surface area (Å²) in [5.74, 6) is 0.702. The molecule has 0 bridgehead atoms. The Bertz CT molecular complexity index is 1030. The number of aromatic nitrogens is 2. The molecule has 9 nitrogen and oxygen atoms in total. The molecule has 1 atom stereocenters. The first-order valence-electron chi connectivity index (χ1n) is 10.3. The van der Waals surface area contributed by atoms with Crippen LogP contribution < -0.4 is 10.0 Å². The molecule has 10 heteroatoms. The molecule has 0 aliphatic carbocycles. The molecule has 1 aromatic heterocycles. The zero-order valence-corrected chi connectivity index (χ0v) is 19.6. The summed E-state index contributed by atoms with van der Waals surface area (Å²) in [5, 5.41) is 7.54. The topological polar surface area (TPSA) is 101 Å². The lowest BCUT2D eigenvalue weighted by Gasteiger charge is -2.34. The van der Waals surface area contributed by atoms with Crippen molar-refractivity contribution in [2.75, 3.05) is 26.7 Å². The number of hydrogen-bond donors (Lipinski definition) is 2. The van der Waals surface area contributed by atoms with Gasteiger partial charge in [-0.1, -0.05) is 18.2 Å². The molecule has 1 aliphatic rings. The number of morpholine rings is 1. The van der Waals surface area contributed by atoms with Crippen molar-refractivity contribution < 1.29 is 13.2 Å². The van der Waals surface area contributed by atoms with Crippen LogP contribution in [0.15, 0.2) is 46.5 Å². The van der Waals surface area contributed by atoms with Crippen molar-refractivity contribution in [3.05, 3.63) is 47.8 Å². The van der Waals surface area contributed by atoms with Crippen LogP contribution in [0.5, 0.6) is 0 Å². The quantitative estimate of drug-likeness (QED) is 0.533. The second-order valence-electron chi connectivity index (χ2n) is 8.62. The predicted molar refractivity (Wildman–Crippen MR) is 120 cm³/mol. The van der Waals surface area contributed by atoms with E-state index in [1.807, 2.05) is 52.3 Å². The molecule has 2 N–H and O–H groups in total. The van der Waals surface area contributed by atoms with Crippen molar-refractivity contribution in [2.24, 2.45) is 12.0 Å². The fourth-order valence-electron chi connectivity index (χ4n) is 3.53. The Morgan fingerprint density at radius 1 is 1.32 bits per heavy atom. The highest BCUT2D eigenvalue weighted by atomic mass is 32.2. The lowest BCUT2D eigenvalue weighted by molar-refractivity contribution is -0.00805.